The van der Waals surface area contributed by atoms with Gasteiger partial charge in [0.2, 0.25) is 0 Å². The summed E-state index contributed by atoms with van der Waals surface area (Å²) < 4.78 is 2.12. The van der Waals surface area contributed by atoms with E-state index in [1.165, 1.54) is 11.1 Å². The lowest BCUT2D eigenvalue weighted by molar-refractivity contribution is 1.34. The lowest BCUT2D eigenvalue weighted by Crippen LogP contribution is -1.79. The van der Waals surface area contributed by atoms with Crippen molar-refractivity contribution in [3.05, 3.63) is 51.7 Å². The van der Waals surface area contributed by atoms with Gasteiger partial charge in [-0.3, -0.25) is 0 Å². The highest BCUT2D eigenvalue weighted by molar-refractivity contribution is 9.11. The molecule has 0 aliphatic heterocycles. The molecular formula is C13H8Br2N2. The molecule has 0 aliphatic carbocycles. The molecule has 3 aromatic rings. The van der Waals surface area contributed by atoms with Crippen LogP contribution in [0.25, 0.3) is 22.2 Å². The van der Waals surface area contributed by atoms with Crippen molar-refractivity contribution < 1.29 is 0 Å². The highest BCUT2D eigenvalue weighted by Crippen LogP contribution is 2.29. The van der Waals surface area contributed by atoms with E-state index in [9.17, 15) is 0 Å². The maximum atomic E-state index is 4.21. The number of H-pyrrole nitrogens is 1. The monoisotopic (exact) mass is 350 g/mol. The summed E-state index contributed by atoms with van der Waals surface area (Å²) >= 11 is 7.00. The number of fused-ring (bicyclic) bond motifs is 1. The molecule has 1 N–H and O–H groups in total. The molecule has 17 heavy (non-hydrogen) atoms. The fourth-order valence-corrected chi connectivity index (χ4v) is 3.13. The summed E-state index contributed by atoms with van der Waals surface area (Å²) in [6, 6.07) is 12.4. The molecule has 0 aliphatic rings. The molecule has 4 heteroatoms. The van der Waals surface area contributed by atoms with Gasteiger partial charge in [0.1, 0.15) is 0 Å². The highest BCUT2D eigenvalue weighted by Gasteiger charge is 2.03. The summed E-state index contributed by atoms with van der Waals surface area (Å²) in [5.41, 5.74) is 4.38. The van der Waals surface area contributed by atoms with Gasteiger partial charge in [-0.05, 0) is 41.5 Å². The van der Waals surface area contributed by atoms with Crippen LogP contribution >= 0.6 is 31.9 Å². The molecule has 2 aromatic carbocycles. The Bertz CT molecular complexity index is 668. The SMILES string of the molecule is Brc1cc(Br)cc(-c2ccc3nc[nH]c3c2)c1. The van der Waals surface area contributed by atoms with Gasteiger partial charge >= 0.3 is 0 Å². The van der Waals surface area contributed by atoms with Gasteiger partial charge in [0.25, 0.3) is 0 Å². The van der Waals surface area contributed by atoms with E-state index in [2.05, 4.69) is 66.1 Å². The van der Waals surface area contributed by atoms with Crippen LogP contribution in [0.15, 0.2) is 51.7 Å². The van der Waals surface area contributed by atoms with Gasteiger partial charge in [-0.1, -0.05) is 37.9 Å². The van der Waals surface area contributed by atoms with Crippen molar-refractivity contribution in [2.75, 3.05) is 0 Å². The summed E-state index contributed by atoms with van der Waals surface area (Å²) in [6.45, 7) is 0. The van der Waals surface area contributed by atoms with Crippen LogP contribution in [-0.4, -0.2) is 9.97 Å². The maximum absolute atomic E-state index is 4.21. The third kappa shape index (κ3) is 2.15. The Morgan fingerprint density at radius 1 is 0.882 bits per heavy atom. The Balaban J connectivity index is 2.19. The number of aromatic amines is 1. The minimum absolute atomic E-state index is 0.989. The summed E-state index contributed by atoms with van der Waals surface area (Å²) in [7, 11) is 0. The first-order valence-corrected chi connectivity index (χ1v) is 6.70. The summed E-state index contributed by atoms with van der Waals surface area (Å²) in [4.78, 5) is 7.34. The number of halogens is 2. The molecule has 0 amide bonds. The van der Waals surface area contributed by atoms with Crippen molar-refractivity contribution in [2.24, 2.45) is 0 Å². The van der Waals surface area contributed by atoms with Crippen molar-refractivity contribution in [3.8, 4) is 11.1 Å². The van der Waals surface area contributed by atoms with E-state index in [0.717, 1.165) is 20.0 Å². The second-order valence-electron chi connectivity index (χ2n) is 3.79. The van der Waals surface area contributed by atoms with E-state index < -0.39 is 0 Å². The number of benzene rings is 2. The Morgan fingerprint density at radius 3 is 2.41 bits per heavy atom. The van der Waals surface area contributed by atoms with E-state index >= 15 is 0 Å². The molecule has 0 radical (unpaired) electrons. The van der Waals surface area contributed by atoms with Gasteiger partial charge in [-0.25, -0.2) is 4.98 Å². The molecule has 84 valence electrons. The first-order valence-electron chi connectivity index (χ1n) is 5.12. The van der Waals surface area contributed by atoms with Crippen molar-refractivity contribution >= 4 is 42.9 Å². The molecule has 0 spiro atoms. The average molecular weight is 352 g/mol. The molecule has 0 fully saturated rings. The molecule has 0 atom stereocenters. The quantitative estimate of drug-likeness (QED) is 0.673. The summed E-state index contributed by atoms with van der Waals surface area (Å²) in [6.07, 6.45) is 1.71. The zero-order chi connectivity index (χ0) is 11.8. The second kappa shape index (κ2) is 4.27. The number of hydrogen-bond donors (Lipinski definition) is 1. The number of rotatable bonds is 1. The van der Waals surface area contributed by atoms with Crippen molar-refractivity contribution in [1.29, 1.82) is 0 Å². The number of imidazole rings is 1. The van der Waals surface area contributed by atoms with Crippen LogP contribution in [-0.2, 0) is 0 Å². The first-order chi connectivity index (χ1) is 8.22. The fraction of sp³-hybridized carbons (Fsp3) is 0. The molecule has 1 heterocycles. The molecule has 0 saturated carbocycles. The van der Waals surface area contributed by atoms with Crippen LogP contribution in [0, 0.1) is 0 Å². The zero-order valence-electron chi connectivity index (χ0n) is 8.74. The van der Waals surface area contributed by atoms with E-state index in [0.29, 0.717) is 0 Å². The third-order valence-electron chi connectivity index (χ3n) is 2.62. The lowest BCUT2D eigenvalue weighted by Gasteiger charge is -2.04. The predicted octanol–water partition coefficient (Wildman–Crippen LogP) is 4.75. The van der Waals surface area contributed by atoms with Crippen molar-refractivity contribution in [3.63, 3.8) is 0 Å². The molecule has 0 bridgehead atoms. The van der Waals surface area contributed by atoms with Crippen LogP contribution in [0.3, 0.4) is 0 Å². The van der Waals surface area contributed by atoms with Crippen LogP contribution in [0.4, 0.5) is 0 Å². The minimum Gasteiger partial charge on any atom is -0.345 e. The standard InChI is InChI=1S/C13H8Br2N2/c14-10-3-9(4-11(15)6-10)8-1-2-12-13(5-8)17-7-16-12/h1-7H,(H,16,17). The summed E-state index contributed by atoms with van der Waals surface area (Å²) in [5, 5.41) is 0. The van der Waals surface area contributed by atoms with Gasteiger partial charge in [-0.2, -0.15) is 0 Å². The van der Waals surface area contributed by atoms with E-state index in [-0.39, 0.29) is 0 Å². The minimum atomic E-state index is 0.989. The van der Waals surface area contributed by atoms with Crippen LogP contribution in [0.2, 0.25) is 0 Å². The summed E-state index contributed by atoms with van der Waals surface area (Å²) in [5.74, 6) is 0. The third-order valence-corrected chi connectivity index (χ3v) is 3.53. The maximum Gasteiger partial charge on any atom is 0.0931 e. The number of nitrogens with zero attached hydrogens (tertiary/aromatic N) is 1. The topological polar surface area (TPSA) is 28.7 Å². The van der Waals surface area contributed by atoms with E-state index in [1.54, 1.807) is 6.33 Å². The van der Waals surface area contributed by atoms with Gasteiger partial charge in [0.15, 0.2) is 0 Å². The highest BCUT2D eigenvalue weighted by atomic mass is 79.9. The first kappa shape index (κ1) is 11.0. The Morgan fingerprint density at radius 2 is 1.65 bits per heavy atom. The Labute approximate surface area is 115 Å². The van der Waals surface area contributed by atoms with Crippen molar-refractivity contribution in [1.82, 2.24) is 9.97 Å². The molecule has 0 saturated heterocycles. The molecular weight excluding hydrogens is 344 g/mol. The van der Waals surface area contributed by atoms with Gasteiger partial charge in [-0.15, -0.1) is 0 Å². The molecule has 2 nitrogen and oxygen atoms in total. The second-order valence-corrected chi connectivity index (χ2v) is 5.62. The smallest absolute Gasteiger partial charge is 0.0931 e. The van der Waals surface area contributed by atoms with Gasteiger partial charge in [0, 0.05) is 8.95 Å². The Kier molecular flexibility index (Phi) is 2.76. The molecule has 3 rings (SSSR count). The lowest BCUT2D eigenvalue weighted by atomic mass is 10.1. The van der Waals surface area contributed by atoms with E-state index in [4.69, 9.17) is 0 Å². The Hall–Kier alpha value is -1.13. The molecule has 1 aromatic heterocycles. The van der Waals surface area contributed by atoms with E-state index in [1.807, 2.05) is 12.1 Å². The average Bonchev–Trinajstić information content (AvgIpc) is 2.74. The number of hydrogen-bond acceptors (Lipinski definition) is 1. The van der Waals surface area contributed by atoms with Crippen molar-refractivity contribution in [2.45, 2.75) is 0 Å². The number of nitrogens with one attached hydrogen (secondary N) is 1. The normalized spacial score (nSPS) is 10.9. The largest absolute Gasteiger partial charge is 0.345 e. The predicted molar refractivity (Wildman–Crippen MR) is 76.9 cm³/mol. The van der Waals surface area contributed by atoms with Crippen LogP contribution in [0.1, 0.15) is 0 Å². The fourth-order valence-electron chi connectivity index (χ4n) is 1.84. The van der Waals surface area contributed by atoms with Gasteiger partial charge < -0.3 is 4.98 Å². The van der Waals surface area contributed by atoms with Crippen LogP contribution < -0.4 is 0 Å². The van der Waals surface area contributed by atoms with Gasteiger partial charge in [0.05, 0.1) is 17.4 Å². The number of aromatic nitrogens is 2. The zero-order valence-corrected chi connectivity index (χ0v) is 11.9. The molecule has 0 unspecified atom stereocenters. The van der Waals surface area contributed by atoms with Crippen LogP contribution in [0.5, 0.6) is 0 Å².